The fourth-order valence-electron chi connectivity index (χ4n) is 9.32. The van der Waals surface area contributed by atoms with Crippen molar-refractivity contribution in [2.24, 2.45) is 0 Å². The van der Waals surface area contributed by atoms with Crippen molar-refractivity contribution in [3.05, 3.63) is 51.6 Å². The molecule has 18 heteroatoms. The highest BCUT2D eigenvalue weighted by atomic mass is 16.7. The molecule has 2 aromatic rings. The molecule has 18 nitrogen and oxygen atoms in total. The van der Waals surface area contributed by atoms with Crippen LogP contribution in [0.4, 0.5) is 5.69 Å². The zero-order valence-corrected chi connectivity index (χ0v) is 33.1. The lowest BCUT2D eigenvalue weighted by atomic mass is 9.71. The Morgan fingerprint density at radius 1 is 1.02 bits per heavy atom. The van der Waals surface area contributed by atoms with Gasteiger partial charge in [-0.25, -0.2) is 4.79 Å². The fraction of sp³-hybridized carbons (Fsp3) is 0.610. The predicted octanol–water partition coefficient (Wildman–Crippen LogP) is 1.78. The lowest BCUT2D eigenvalue weighted by Gasteiger charge is -2.43. The smallest absolute Gasteiger partial charge is 0.332 e. The van der Waals surface area contributed by atoms with E-state index in [9.17, 15) is 34.5 Å². The van der Waals surface area contributed by atoms with Gasteiger partial charge in [0.1, 0.15) is 36.4 Å². The summed E-state index contributed by atoms with van der Waals surface area (Å²) in [4.78, 5) is 55.9. The van der Waals surface area contributed by atoms with E-state index in [1.165, 1.54) is 25.3 Å². The van der Waals surface area contributed by atoms with Gasteiger partial charge in [0.25, 0.3) is 0 Å². The highest BCUT2D eigenvalue weighted by Gasteiger charge is 2.55. The van der Waals surface area contributed by atoms with Crippen LogP contribution < -0.4 is 5.73 Å². The first-order valence-corrected chi connectivity index (χ1v) is 20.0. The monoisotopic (exact) mass is 826 g/mol. The van der Waals surface area contributed by atoms with Crippen molar-refractivity contribution in [2.75, 3.05) is 52.4 Å². The van der Waals surface area contributed by atoms with Gasteiger partial charge in [-0.05, 0) is 39.2 Å². The van der Waals surface area contributed by atoms with Crippen LogP contribution in [0.25, 0.3) is 0 Å². The molecule has 0 bridgehead atoms. The van der Waals surface area contributed by atoms with Gasteiger partial charge in [-0.1, -0.05) is 12.1 Å². The number of nitrogens with two attached hydrogens (primary N) is 1. The van der Waals surface area contributed by atoms with Gasteiger partial charge < -0.3 is 63.7 Å². The molecular formula is C41H50N2O16. The Balaban J connectivity index is 1.07. The van der Waals surface area contributed by atoms with Crippen molar-refractivity contribution >= 4 is 29.0 Å². The van der Waals surface area contributed by atoms with Crippen molar-refractivity contribution in [1.82, 2.24) is 4.90 Å². The van der Waals surface area contributed by atoms with E-state index in [1.54, 1.807) is 6.92 Å². The number of carbonyl (C=O) groups excluding carboxylic acids is 4. The number of carbonyl (C=O) groups is 4. The molecule has 10 atom stereocenters. The number of nitrogen functional groups attached to an aromatic ring is 1. The number of aromatic hydroxyl groups is 2. The van der Waals surface area contributed by atoms with E-state index in [1.807, 2.05) is 6.92 Å². The molecule has 0 amide bonds. The van der Waals surface area contributed by atoms with Crippen molar-refractivity contribution in [1.29, 1.82) is 0 Å². The minimum Gasteiger partial charge on any atom is -0.507 e. The molecule has 4 fully saturated rings. The fourth-order valence-corrected chi connectivity index (χ4v) is 9.32. The lowest BCUT2D eigenvalue weighted by Crippen LogP contribution is -2.55. The number of fused-ring (bicyclic) bond motifs is 6. The number of ether oxygens (including phenoxy) is 9. The number of Topliss-reactive ketones (excluding diaryl/α,β-unsaturated/α-hetero) is 1. The second kappa shape index (κ2) is 16.8. The molecule has 0 saturated carbocycles. The van der Waals surface area contributed by atoms with Crippen LogP contribution in [0.5, 0.6) is 11.5 Å². The molecule has 8 rings (SSSR count). The quantitative estimate of drug-likeness (QED) is 0.116. The number of phenols is 2. The number of hydrogen-bond donors (Lipinski definition) is 4. The molecule has 0 aromatic heterocycles. The van der Waals surface area contributed by atoms with E-state index in [-0.39, 0.29) is 66.3 Å². The molecule has 320 valence electrons. The molecule has 6 aliphatic rings. The Morgan fingerprint density at radius 3 is 2.59 bits per heavy atom. The summed E-state index contributed by atoms with van der Waals surface area (Å²) in [6, 6.07) is 4.15. The summed E-state index contributed by atoms with van der Waals surface area (Å²) in [5, 5.41) is 36.2. The maximum absolute atomic E-state index is 14.1. The Bertz CT molecular complexity index is 1990. The summed E-state index contributed by atoms with van der Waals surface area (Å²) in [7, 11) is 1.54. The molecule has 4 saturated heterocycles. The Labute approximate surface area is 339 Å². The molecule has 2 aliphatic carbocycles. The van der Waals surface area contributed by atoms with Gasteiger partial charge in [0.05, 0.1) is 54.8 Å². The molecule has 2 unspecified atom stereocenters. The summed E-state index contributed by atoms with van der Waals surface area (Å²) in [6.07, 6.45) is -4.46. The lowest BCUT2D eigenvalue weighted by molar-refractivity contribution is -0.256. The van der Waals surface area contributed by atoms with E-state index < -0.39 is 114 Å². The Kier molecular flexibility index (Phi) is 11.8. The zero-order chi connectivity index (χ0) is 41.7. The van der Waals surface area contributed by atoms with Crippen LogP contribution in [-0.2, 0) is 58.6 Å². The molecule has 2 aromatic carbocycles. The van der Waals surface area contributed by atoms with Crippen LogP contribution >= 0.6 is 0 Å². The number of phenolic OH excluding ortho intramolecular Hbond substituents is 2. The summed E-state index contributed by atoms with van der Waals surface area (Å²) in [5.41, 5.74) is 2.61. The van der Waals surface area contributed by atoms with Crippen LogP contribution in [0.3, 0.4) is 0 Å². The van der Waals surface area contributed by atoms with Crippen LogP contribution in [0.1, 0.15) is 95.0 Å². The minimum atomic E-state index is -2.25. The van der Waals surface area contributed by atoms with E-state index in [4.69, 9.17) is 48.4 Å². The molecule has 5 N–H and O–H groups in total. The number of aliphatic hydroxyl groups is 1. The number of benzene rings is 2. The van der Waals surface area contributed by atoms with E-state index in [0.717, 1.165) is 0 Å². The normalized spacial score (nSPS) is 32.7. The molecule has 0 radical (unpaired) electrons. The Hall–Kier alpha value is -4.08. The van der Waals surface area contributed by atoms with Crippen LogP contribution in [-0.4, -0.2) is 145 Å². The Morgan fingerprint density at radius 2 is 1.81 bits per heavy atom. The standard InChI is InChI=1S/C41H50N2O16/c1-4-53-27(45)18-52-16-20-7-5-10-28(57-20)55-17-26(44)41(50)14-22-31(37(49)33-32(35(22)47)34(46)21-8-6-9-23(42)30(21)36(33)48)25(15-41)58-29-13-24-38(19(2)56-29)59-39-40(51-3)54-12-11-43(24)39/h6,8-9,19-20,24-25,28-29,38-40,47,49-50H,4-5,7,10-18,42H2,1-3H3/t19-,20?,24-,25-,28?,29-,38+,39+,40-,41-/m0/s1. The second-order valence-electron chi connectivity index (χ2n) is 15.8. The molecule has 59 heavy (non-hydrogen) atoms. The third-order valence-corrected chi connectivity index (χ3v) is 12.1. The number of methoxy groups -OCH3 is 1. The van der Waals surface area contributed by atoms with E-state index in [2.05, 4.69) is 4.90 Å². The first-order chi connectivity index (χ1) is 28.3. The number of nitrogens with zero attached hydrogens (tertiary/aromatic N) is 1. The van der Waals surface area contributed by atoms with Gasteiger partial charge in [0, 0.05) is 61.3 Å². The zero-order valence-electron chi connectivity index (χ0n) is 33.1. The molecular weight excluding hydrogens is 776 g/mol. The topological polar surface area (TPSA) is 241 Å². The average molecular weight is 827 g/mol. The van der Waals surface area contributed by atoms with Crippen molar-refractivity contribution in [3.8, 4) is 11.5 Å². The number of rotatable bonds is 12. The molecule has 0 spiro atoms. The third-order valence-electron chi connectivity index (χ3n) is 12.1. The maximum atomic E-state index is 14.1. The predicted molar refractivity (Wildman–Crippen MR) is 200 cm³/mol. The van der Waals surface area contributed by atoms with Gasteiger partial charge in [-0.2, -0.15) is 0 Å². The van der Waals surface area contributed by atoms with Gasteiger partial charge in [-0.15, -0.1) is 0 Å². The number of morpholine rings is 1. The minimum absolute atomic E-state index is 0.0170. The van der Waals surface area contributed by atoms with Crippen LogP contribution in [0.2, 0.25) is 0 Å². The van der Waals surface area contributed by atoms with Crippen molar-refractivity contribution in [3.63, 3.8) is 0 Å². The summed E-state index contributed by atoms with van der Waals surface area (Å²) in [6.45, 7) is 3.99. The first-order valence-electron chi connectivity index (χ1n) is 20.0. The highest BCUT2D eigenvalue weighted by molar-refractivity contribution is 6.32. The summed E-state index contributed by atoms with van der Waals surface area (Å²) >= 11 is 0. The van der Waals surface area contributed by atoms with Gasteiger partial charge in [-0.3, -0.25) is 19.3 Å². The number of hydrogen-bond acceptors (Lipinski definition) is 18. The van der Waals surface area contributed by atoms with Gasteiger partial charge >= 0.3 is 5.97 Å². The number of anilines is 1. The summed E-state index contributed by atoms with van der Waals surface area (Å²) in [5.74, 6) is -4.12. The molecule has 4 heterocycles. The maximum Gasteiger partial charge on any atom is 0.332 e. The van der Waals surface area contributed by atoms with Gasteiger partial charge in [0.2, 0.25) is 0 Å². The van der Waals surface area contributed by atoms with Gasteiger partial charge in [0.15, 0.2) is 42.4 Å². The first kappa shape index (κ1) is 41.6. The average Bonchev–Trinajstić information content (AvgIpc) is 3.60. The van der Waals surface area contributed by atoms with E-state index in [0.29, 0.717) is 32.4 Å². The van der Waals surface area contributed by atoms with Crippen LogP contribution in [0.15, 0.2) is 18.2 Å². The number of ketones is 3. The highest BCUT2D eigenvalue weighted by Crippen LogP contribution is 2.53. The SMILES string of the molecule is CCOC(=O)COCC1CCCC(OCC(=O)[C@]2(O)Cc3c(O)c4c(c(O)c3[C@@H](O[C@H]3C[C@H]5[C@H](O[C@@H]6[C@@H](OC)OCCN65)[C@H](C)O3)C2)C(=O)c2c(N)cccc2C4=O)O1. The van der Waals surface area contributed by atoms with Crippen LogP contribution in [0, 0.1) is 0 Å². The van der Waals surface area contributed by atoms with E-state index >= 15 is 0 Å². The van der Waals surface area contributed by atoms with Crippen molar-refractivity contribution in [2.45, 2.75) is 114 Å². The largest absolute Gasteiger partial charge is 0.507 e. The molecule has 4 aliphatic heterocycles. The second-order valence-corrected chi connectivity index (χ2v) is 15.8. The number of esters is 1. The third kappa shape index (κ3) is 7.64. The van der Waals surface area contributed by atoms with Crippen molar-refractivity contribution < 1.29 is 77.1 Å². The summed E-state index contributed by atoms with van der Waals surface area (Å²) < 4.78 is 52.7.